The number of anilines is 1. The predicted molar refractivity (Wildman–Crippen MR) is 122 cm³/mol. The minimum absolute atomic E-state index is 0.102. The van der Waals surface area contributed by atoms with E-state index in [2.05, 4.69) is 44.6 Å². The van der Waals surface area contributed by atoms with Gasteiger partial charge in [-0.25, -0.2) is 0 Å². The van der Waals surface area contributed by atoms with Crippen molar-refractivity contribution in [3.63, 3.8) is 0 Å². The van der Waals surface area contributed by atoms with Crippen LogP contribution in [0.15, 0.2) is 54.6 Å². The molecule has 2 atom stereocenters. The fourth-order valence-electron chi connectivity index (χ4n) is 3.67. The molecule has 2 aromatic carbocycles. The number of ether oxygens (including phenoxy) is 1. The molecule has 33 heavy (non-hydrogen) atoms. The van der Waals surface area contributed by atoms with Crippen molar-refractivity contribution in [1.82, 2.24) is 15.5 Å². The van der Waals surface area contributed by atoms with Crippen LogP contribution in [-0.2, 0) is 19.1 Å². The van der Waals surface area contributed by atoms with E-state index in [0.717, 1.165) is 13.0 Å². The monoisotopic (exact) mass is 452 g/mol. The first kappa shape index (κ1) is 23.9. The number of hydrogen-bond donors (Lipinski definition) is 3. The highest BCUT2D eigenvalue weighted by molar-refractivity contribution is 6.39. The third-order valence-electron chi connectivity index (χ3n) is 5.62. The second kappa shape index (κ2) is 11.2. The van der Waals surface area contributed by atoms with Crippen molar-refractivity contribution >= 4 is 29.4 Å². The summed E-state index contributed by atoms with van der Waals surface area (Å²) < 4.78 is 4.47. The van der Waals surface area contributed by atoms with E-state index < -0.39 is 23.7 Å². The van der Waals surface area contributed by atoms with Gasteiger partial charge >= 0.3 is 17.8 Å². The fourth-order valence-corrected chi connectivity index (χ4v) is 3.67. The van der Waals surface area contributed by atoms with Crippen LogP contribution in [0.5, 0.6) is 0 Å². The summed E-state index contributed by atoms with van der Waals surface area (Å²) in [5, 5.41) is 7.75. The molecule has 9 heteroatoms. The normalized spacial score (nSPS) is 16.5. The number of rotatable bonds is 7. The predicted octanol–water partition coefficient (Wildman–Crippen LogP) is 1.48. The highest BCUT2D eigenvalue weighted by Crippen LogP contribution is 2.24. The first-order valence-corrected chi connectivity index (χ1v) is 10.7. The molecule has 9 nitrogen and oxygen atoms in total. The lowest BCUT2D eigenvalue weighted by Gasteiger charge is -2.24. The van der Waals surface area contributed by atoms with Crippen molar-refractivity contribution < 1.29 is 23.9 Å². The van der Waals surface area contributed by atoms with Crippen LogP contribution in [0.3, 0.4) is 0 Å². The molecule has 1 fully saturated rings. The third-order valence-corrected chi connectivity index (χ3v) is 5.62. The molecular weight excluding hydrogens is 424 g/mol. The van der Waals surface area contributed by atoms with Gasteiger partial charge < -0.3 is 20.7 Å². The number of methoxy groups -OCH3 is 1. The molecule has 3 amide bonds. The third kappa shape index (κ3) is 6.63. The standard InChI is InChI=1S/C24H28N4O5/c1-16(17-6-4-3-5-7-17)28-13-12-20(15-28)27-24(32)23(31)26-19-10-8-18(9-11-19)22(30)25-14-21(29)33-2/h3-11,16,20H,12-15H2,1-2H3,(H,25,30)(H,26,31)(H,27,32). The van der Waals surface area contributed by atoms with Gasteiger partial charge in [0.1, 0.15) is 6.54 Å². The summed E-state index contributed by atoms with van der Waals surface area (Å²) in [5.41, 5.74) is 1.90. The molecule has 0 spiro atoms. The molecule has 1 heterocycles. The molecule has 2 aromatic rings. The summed E-state index contributed by atoms with van der Waals surface area (Å²) >= 11 is 0. The Morgan fingerprint density at radius 3 is 2.39 bits per heavy atom. The van der Waals surface area contributed by atoms with Crippen LogP contribution >= 0.6 is 0 Å². The quantitative estimate of drug-likeness (QED) is 0.433. The van der Waals surface area contributed by atoms with Crippen LogP contribution in [0.1, 0.15) is 35.3 Å². The molecule has 0 bridgehead atoms. The maximum atomic E-state index is 12.4. The van der Waals surface area contributed by atoms with E-state index in [4.69, 9.17) is 0 Å². The van der Waals surface area contributed by atoms with Gasteiger partial charge in [-0.1, -0.05) is 30.3 Å². The SMILES string of the molecule is COC(=O)CNC(=O)c1ccc(NC(=O)C(=O)NC2CCN(C(C)c3ccccc3)C2)cc1. The molecule has 0 aliphatic carbocycles. The number of hydrogen-bond acceptors (Lipinski definition) is 6. The highest BCUT2D eigenvalue weighted by atomic mass is 16.5. The number of carbonyl (C=O) groups excluding carboxylic acids is 4. The molecule has 3 N–H and O–H groups in total. The summed E-state index contributed by atoms with van der Waals surface area (Å²) in [7, 11) is 1.23. The van der Waals surface area contributed by atoms with Gasteiger partial charge in [0.15, 0.2) is 0 Å². The van der Waals surface area contributed by atoms with Crippen LogP contribution in [0.4, 0.5) is 5.69 Å². The van der Waals surface area contributed by atoms with E-state index in [1.165, 1.54) is 36.9 Å². The largest absolute Gasteiger partial charge is 0.468 e. The van der Waals surface area contributed by atoms with Crippen LogP contribution in [0, 0.1) is 0 Å². The average Bonchev–Trinajstić information content (AvgIpc) is 3.31. The van der Waals surface area contributed by atoms with Gasteiger partial charge in [-0.2, -0.15) is 0 Å². The lowest BCUT2D eigenvalue weighted by molar-refractivity contribution is -0.139. The van der Waals surface area contributed by atoms with Gasteiger partial charge in [-0.15, -0.1) is 0 Å². The van der Waals surface area contributed by atoms with Gasteiger partial charge in [0.2, 0.25) is 0 Å². The molecule has 3 rings (SSSR count). The maximum Gasteiger partial charge on any atom is 0.325 e. The molecule has 174 valence electrons. The molecule has 1 saturated heterocycles. The minimum Gasteiger partial charge on any atom is -0.468 e. The zero-order valence-corrected chi connectivity index (χ0v) is 18.7. The van der Waals surface area contributed by atoms with Gasteiger partial charge in [0.25, 0.3) is 5.91 Å². The van der Waals surface area contributed by atoms with Crippen molar-refractivity contribution in [2.75, 3.05) is 32.1 Å². The number of carbonyl (C=O) groups is 4. The number of amides is 3. The molecular formula is C24H28N4O5. The molecule has 2 unspecified atom stereocenters. The number of likely N-dealkylation sites (tertiary alicyclic amines) is 1. The summed E-state index contributed by atoms with van der Waals surface area (Å²) in [6, 6.07) is 16.3. The summed E-state index contributed by atoms with van der Waals surface area (Å²) in [6.07, 6.45) is 0.769. The first-order chi connectivity index (χ1) is 15.9. The molecule has 1 aliphatic rings. The van der Waals surface area contributed by atoms with E-state index in [1.54, 1.807) is 0 Å². The Morgan fingerprint density at radius 2 is 1.73 bits per heavy atom. The number of benzene rings is 2. The molecule has 1 aliphatic heterocycles. The van der Waals surface area contributed by atoms with Gasteiger partial charge in [-0.3, -0.25) is 24.1 Å². The van der Waals surface area contributed by atoms with E-state index in [1.807, 2.05) is 18.2 Å². The van der Waals surface area contributed by atoms with E-state index in [-0.39, 0.29) is 18.6 Å². The van der Waals surface area contributed by atoms with E-state index >= 15 is 0 Å². The van der Waals surface area contributed by atoms with Gasteiger partial charge in [0, 0.05) is 36.4 Å². The average molecular weight is 453 g/mol. The van der Waals surface area contributed by atoms with Crippen molar-refractivity contribution in [2.45, 2.75) is 25.4 Å². The Hall–Kier alpha value is -3.72. The van der Waals surface area contributed by atoms with Crippen LogP contribution < -0.4 is 16.0 Å². The number of nitrogens with one attached hydrogen (secondary N) is 3. The molecule has 0 saturated carbocycles. The number of esters is 1. The lowest BCUT2D eigenvalue weighted by atomic mass is 10.1. The minimum atomic E-state index is -0.771. The molecule has 0 radical (unpaired) electrons. The highest BCUT2D eigenvalue weighted by Gasteiger charge is 2.29. The first-order valence-electron chi connectivity index (χ1n) is 10.7. The topological polar surface area (TPSA) is 117 Å². The summed E-state index contributed by atoms with van der Waals surface area (Å²) in [4.78, 5) is 50.0. The van der Waals surface area contributed by atoms with Crippen molar-refractivity contribution in [3.05, 3.63) is 65.7 Å². The Labute approximate surface area is 192 Å². The lowest BCUT2D eigenvalue weighted by Crippen LogP contribution is -2.43. The smallest absolute Gasteiger partial charge is 0.325 e. The second-order valence-electron chi connectivity index (χ2n) is 7.83. The van der Waals surface area contributed by atoms with Gasteiger partial charge in [-0.05, 0) is 43.2 Å². The Bertz CT molecular complexity index is 994. The van der Waals surface area contributed by atoms with E-state index in [9.17, 15) is 19.2 Å². The zero-order valence-electron chi connectivity index (χ0n) is 18.7. The Kier molecular flexibility index (Phi) is 8.15. The van der Waals surface area contributed by atoms with Crippen LogP contribution in [0.25, 0.3) is 0 Å². The van der Waals surface area contributed by atoms with Crippen molar-refractivity contribution in [2.24, 2.45) is 0 Å². The molecule has 0 aromatic heterocycles. The van der Waals surface area contributed by atoms with E-state index in [0.29, 0.717) is 17.8 Å². The summed E-state index contributed by atoms with van der Waals surface area (Å²) in [6.45, 7) is 3.40. The Morgan fingerprint density at radius 1 is 1.03 bits per heavy atom. The fraction of sp³-hybridized carbons (Fsp3) is 0.333. The van der Waals surface area contributed by atoms with Crippen molar-refractivity contribution in [3.8, 4) is 0 Å². The Balaban J connectivity index is 1.46. The maximum absolute atomic E-state index is 12.4. The summed E-state index contributed by atoms with van der Waals surface area (Å²) in [5.74, 6) is -2.48. The van der Waals surface area contributed by atoms with Crippen LogP contribution in [0.2, 0.25) is 0 Å². The second-order valence-corrected chi connectivity index (χ2v) is 7.83. The zero-order chi connectivity index (χ0) is 23.8. The number of nitrogens with zero attached hydrogens (tertiary/aromatic N) is 1. The van der Waals surface area contributed by atoms with Crippen molar-refractivity contribution in [1.29, 1.82) is 0 Å². The van der Waals surface area contributed by atoms with Gasteiger partial charge in [0.05, 0.1) is 7.11 Å². The van der Waals surface area contributed by atoms with Crippen LogP contribution in [-0.4, -0.2) is 61.4 Å².